The summed E-state index contributed by atoms with van der Waals surface area (Å²) in [6.07, 6.45) is 5.98. The smallest absolute Gasteiger partial charge is 0.334 e. The van der Waals surface area contributed by atoms with Crippen LogP contribution in [0.5, 0.6) is 5.75 Å². The molecular weight excluding hydrogens is 787 g/mol. The highest BCUT2D eigenvalue weighted by atomic mass is 16.6. The number of aromatic nitrogens is 2. The van der Waals surface area contributed by atoms with Crippen LogP contribution in [-0.4, -0.2) is 99.1 Å². The normalized spacial score (nSPS) is 14.9. The summed E-state index contributed by atoms with van der Waals surface area (Å²) >= 11 is 0. The third-order valence-corrected chi connectivity index (χ3v) is 10.1. The number of nitrogens with zero attached hydrogens (tertiary/aromatic N) is 3. The minimum absolute atomic E-state index is 0.0338. The number of amides is 5. The van der Waals surface area contributed by atoms with Gasteiger partial charge in [-0.05, 0) is 60.2 Å². The number of nitro benzene ring substituents is 1. The molecule has 5 aromatic rings. The molecule has 0 aliphatic carbocycles. The van der Waals surface area contributed by atoms with Gasteiger partial charge < -0.3 is 41.6 Å². The number of ether oxygens (including phenoxy) is 1. The van der Waals surface area contributed by atoms with Crippen LogP contribution in [0, 0.1) is 10.1 Å². The third kappa shape index (κ3) is 11.8. The molecule has 1 saturated heterocycles. The number of para-hydroxylation sites is 1. The minimum Gasteiger partial charge on any atom is -0.425 e. The molecule has 2 aromatic heterocycles. The number of hydrogen-bond acceptors (Lipinski definition) is 11. The van der Waals surface area contributed by atoms with E-state index in [1.807, 2.05) is 24.3 Å². The van der Waals surface area contributed by atoms with Gasteiger partial charge in [0.15, 0.2) is 0 Å². The number of likely N-dealkylation sites (tertiary alicyclic amines) is 1. The number of H-pyrrole nitrogens is 1. The van der Waals surface area contributed by atoms with Crippen molar-refractivity contribution >= 4 is 52.1 Å². The number of benzene rings is 3. The van der Waals surface area contributed by atoms with Gasteiger partial charge in [-0.3, -0.25) is 39.1 Å². The molecular formula is C43H45N9O9. The van der Waals surface area contributed by atoms with Crippen molar-refractivity contribution in [3.63, 3.8) is 0 Å². The van der Waals surface area contributed by atoms with E-state index in [2.05, 4.69) is 31.2 Å². The Kier molecular flexibility index (Phi) is 14.5. The highest BCUT2D eigenvalue weighted by molar-refractivity contribution is 5.95. The van der Waals surface area contributed by atoms with Crippen LogP contribution in [0.25, 0.3) is 10.9 Å². The number of hydrogen-bond donors (Lipinski definition) is 6. The molecule has 0 unspecified atom stereocenters. The second kappa shape index (κ2) is 20.5. The molecule has 316 valence electrons. The fourth-order valence-corrected chi connectivity index (χ4v) is 7.03. The molecule has 0 spiro atoms. The fraction of sp³-hybridized carbons (Fsp3) is 0.279. The van der Waals surface area contributed by atoms with Crippen LogP contribution in [0.2, 0.25) is 0 Å². The number of fused-ring (bicyclic) bond motifs is 1. The number of pyridine rings is 1. The molecule has 18 nitrogen and oxygen atoms in total. The van der Waals surface area contributed by atoms with E-state index in [1.54, 1.807) is 61.1 Å². The number of nitrogens with one attached hydrogen (secondary N) is 5. The zero-order chi connectivity index (χ0) is 43.3. The minimum atomic E-state index is -1.19. The average Bonchev–Trinajstić information content (AvgIpc) is 3.93. The van der Waals surface area contributed by atoms with Gasteiger partial charge in [-0.1, -0.05) is 54.6 Å². The molecule has 7 N–H and O–H groups in total. The van der Waals surface area contributed by atoms with Gasteiger partial charge in [0.2, 0.25) is 29.5 Å². The Bertz CT molecular complexity index is 2360. The summed E-state index contributed by atoms with van der Waals surface area (Å²) in [5, 5.41) is 22.4. The Morgan fingerprint density at radius 3 is 2.23 bits per heavy atom. The number of rotatable bonds is 18. The van der Waals surface area contributed by atoms with Crippen molar-refractivity contribution < 1.29 is 38.4 Å². The van der Waals surface area contributed by atoms with Gasteiger partial charge in [-0.15, -0.1) is 0 Å². The van der Waals surface area contributed by atoms with Crippen molar-refractivity contribution in [3.8, 4) is 5.75 Å². The molecule has 61 heavy (non-hydrogen) atoms. The molecule has 1 aliphatic heterocycles. The maximum atomic E-state index is 14.1. The predicted octanol–water partition coefficient (Wildman–Crippen LogP) is 1.62. The fourth-order valence-electron chi connectivity index (χ4n) is 7.03. The maximum Gasteiger partial charge on any atom is 0.334 e. The molecule has 0 radical (unpaired) electrons. The average molecular weight is 832 g/mol. The summed E-state index contributed by atoms with van der Waals surface area (Å²) in [5.41, 5.74) is 9.10. The lowest BCUT2D eigenvalue weighted by molar-refractivity contribution is -0.384. The van der Waals surface area contributed by atoms with Gasteiger partial charge in [0.25, 0.3) is 5.69 Å². The molecule has 18 heteroatoms. The first-order valence-corrected chi connectivity index (χ1v) is 19.6. The van der Waals surface area contributed by atoms with E-state index >= 15 is 0 Å². The summed E-state index contributed by atoms with van der Waals surface area (Å²) in [6, 6.07) is 20.5. The van der Waals surface area contributed by atoms with E-state index in [4.69, 9.17) is 10.5 Å². The molecule has 4 atom stereocenters. The quantitative estimate of drug-likeness (QED) is 0.0320. The highest BCUT2D eigenvalue weighted by Crippen LogP contribution is 2.22. The largest absolute Gasteiger partial charge is 0.425 e. The molecule has 5 amide bonds. The van der Waals surface area contributed by atoms with Crippen LogP contribution < -0.4 is 31.7 Å². The van der Waals surface area contributed by atoms with Gasteiger partial charge in [0.1, 0.15) is 23.9 Å². The molecule has 6 rings (SSSR count). The van der Waals surface area contributed by atoms with Crippen molar-refractivity contribution in [3.05, 3.63) is 136 Å². The Morgan fingerprint density at radius 1 is 0.836 bits per heavy atom. The van der Waals surface area contributed by atoms with Crippen molar-refractivity contribution in [2.45, 2.75) is 56.3 Å². The highest BCUT2D eigenvalue weighted by Gasteiger charge is 2.38. The number of nitrogens with two attached hydrogens (primary N) is 1. The van der Waals surface area contributed by atoms with Gasteiger partial charge in [-0.2, -0.15) is 0 Å². The molecule has 3 aromatic carbocycles. The van der Waals surface area contributed by atoms with Crippen molar-refractivity contribution in [2.24, 2.45) is 5.73 Å². The number of aromatic amines is 1. The van der Waals surface area contributed by atoms with Crippen molar-refractivity contribution in [1.29, 1.82) is 0 Å². The third-order valence-electron chi connectivity index (χ3n) is 10.1. The lowest BCUT2D eigenvalue weighted by Crippen LogP contribution is -2.56. The second-order valence-electron chi connectivity index (χ2n) is 14.5. The Hall–Kier alpha value is -7.47. The number of esters is 1. The van der Waals surface area contributed by atoms with Crippen LogP contribution in [0.4, 0.5) is 5.69 Å². The van der Waals surface area contributed by atoms with Crippen molar-refractivity contribution in [2.75, 3.05) is 19.6 Å². The summed E-state index contributed by atoms with van der Waals surface area (Å²) in [4.78, 5) is 99.3. The van der Waals surface area contributed by atoms with Crippen LogP contribution in [-0.2, 0) is 48.0 Å². The van der Waals surface area contributed by atoms with Crippen LogP contribution >= 0.6 is 0 Å². The predicted molar refractivity (Wildman–Crippen MR) is 221 cm³/mol. The van der Waals surface area contributed by atoms with Gasteiger partial charge in [0.05, 0.1) is 24.1 Å². The summed E-state index contributed by atoms with van der Waals surface area (Å²) < 4.78 is 5.42. The van der Waals surface area contributed by atoms with Crippen molar-refractivity contribution in [1.82, 2.24) is 36.1 Å². The van der Waals surface area contributed by atoms with E-state index < -0.39 is 77.7 Å². The Balaban J connectivity index is 1.05. The Labute approximate surface area is 349 Å². The van der Waals surface area contributed by atoms with Crippen LogP contribution in [0.3, 0.4) is 0 Å². The maximum absolute atomic E-state index is 14.1. The standard InChI is InChI=1S/C43H45N9O9/c44-33(22-29-24-46-34-12-5-4-11-32(29)34)40(55)47-25-38(53)49-35(21-28-10-6-18-45-23-28)42(57)51-19-7-13-37(51)41(56)48-26-39(54)50-36(20-27-8-2-1-3-9-27)43(58)61-31-16-14-30(15-17-31)52(59)60/h1-6,8-12,14-18,23-24,33,35-37,46H,7,13,19-22,25-26,44H2,(H,47,55)(H,48,56)(H,49,53)(H,50,54)/t33-,35+,36+,37+/m1/s1. The second-order valence-corrected chi connectivity index (χ2v) is 14.5. The molecule has 1 aliphatic rings. The summed E-state index contributed by atoms with van der Waals surface area (Å²) in [5.74, 6) is -3.87. The van der Waals surface area contributed by atoms with E-state index in [0.29, 0.717) is 17.5 Å². The molecule has 0 saturated carbocycles. The molecule has 1 fully saturated rings. The zero-order valence-electron chi connectivity index (χ0n) is 33.0. The lowest BCUT2D eigenvalue weighted by Gasteiger charge is -2.29. The first-order valence-electron chi connectivity index (χ1n) is 19.6. The topological polar surface area (TPSA) is 261 Å². The van der Waals surface area contributed by atoms with E-state index in [-0.39, 0.29) is 43.7 Å². The van der Waals surface area contributed by atoms with Gasteiger partial charge in [-0.25, -0.2) is 4.79 Å². The van der Waals surface area contributed by atoms with E-state index in [9.17, 15) is 38.9 Å². The number of nitro groups is 1. The summed E-state index contributed by atoms with van der Waals surface area (Å²) in [7, 11) is 0. The first kappa shape index (κ1) is 43.1. The van der Waals surface area contributed by atoms with Gasteiger partial charge >= 0.3 is 5.97 Å². The Morgan fingerprint density at radius 2 is 1.51 bits per heavy atom. The number of carbonyl (C=O) groups excluding carboxylic acids is 6. The first-order chi connectivity index (χ1) is 29.4. The van der Waals surface area contributed by atoms with Gasteiger partial charge in [0, 0.05) is 61.0 Å². The van der Waals surface area contributed by atoms with Crippen LogP contribution in [0.1, 0.15) is 29.5 Å². The number of non-ortho nitro benzene ring substituents is 1. The van der Waals surface area contributed by atoms with Crippen LogP contribution in [0.15, 0.2) is 110 Å². The monoisotopic (exact) mass is 831 g/mol. The molecule has 3 heterocycles. The van der Waals surface area contributed by atoms with E-state index in [0.717, 1.165) is 16.5 Å². The number of carbonyl (C=O) groups is 6. The lowest BCUT2D eigenvalue weighted by atomic mass is 10.0. The molecule has 0 bridgehead atoms. The zero-order valence-corrected chi connectivity index (χ0v) is 33.0. The summed E-state index contributed by atoms with van der Waals surface area (Å²) in [6.45, 7) is -0.788. The SMILES string of the molecule is N[C@H](Cc1c[nH]c2ccccc12)C(=O)NCC(=O)N[C@@H](Cc1cccnc1)C(=O)N1CCC[C@H]1C(=O)NCC(=O)N[C@@H](Cc1ccccc1)C(=O)Oc1ccc([N+](=O)[O-])cc1. The van der Waals surface area contributed by atoms with E-state index in [1.165, 1.54) is 29.2 Å².